The molecule has 0 saturated carbocycles. The van der Waals surface area contributed by atoms with Crippen LogP contribution >= 0.6 is 7.81 Å². The average Bonchev–Trinajstić information content (AvgIpc) is 2.80. The van der Waals surface area contributed by atoms with Crippen LogP contribution in [0.25, 0.3) is 21.9 Å². The number of para-hydroxylation sites is 1. The van der Waals surface area contributed by atoms with Crippen molar-refractivity contribution < 1.29 is 29.6 Å². The van der Waals surface area contributed by atoms with E-state index in [9.17, 15) is 30.0 Å². The summed E-state index contributed by atoms with van der Waals surface area (Å²) in [6.45, 7) is 4.19. The maximum atomic E-state index is 13.2. The molecule has 2 nitrogen and oxygen atoms in total. The van der Waals surface area contributed by atoms with Crippen LogP contribution in [0.2, 0.25) is 0 Å². The summed E-state index contributed by atoms with van der Waals surface area (Å²) in [6.07, 6.45) is 0. The van der Waals surface area contributed by atoms with E-state index in [-0.39, 0.29) is 16.3 Å². The van der Waals surface area contributed by atoms with Gasteiger partial charge in [0.25, 0.3) is 0 Å². The molecule has 5 rings (SSSR count). The molecule has 4 aromatic carbocycles. The molecule has 5 aromatic rings. The minimum atomic E-state index is -10.7. The van der Waals surface area contributed by atoms with Gasteiger partial charge in [-0.1, -0.05) is 47.5 Å². The minimum absolute atomic E-state index is 0.0186. The van der Waals surface area contributed by atoms with Crippen LogP contribution in [-0.4, -0.2) is 0 Å². The predicted octanol–water partition coefficient (Wildman–Crippen LogP) is 10.0. The van der Waals surface area contributed by atoms with Gasteiger partial charge in [-0.25, -0.2) is 0 Å². The zero-order chi connectivity index (χ0) is 27.1. The topological polar surface area (TPSA) is 30.2 Å². The summed E-state index contributed by atoms with van der Waals surface area (Å²) in [5.41, 5.74) is 3.73. The Morgan fingerprint density at radius 2 is 1.03 bits per heavy atom. The summed E-state index contributed by atoms with van der Waals surface area (Å²) in [7, 11) is -11.0. The third-order valence-corrected chi connectivity index (χ3v) is 7.51. The zero-order valence-electron chi connectivity index (χ0n) is 19.6. The number of aryl methyl sites for hydroxylation is 2. The van der Waals surface area contributed by atoms with Crippen LogP contribution in [0.1, 0.15) is 11.1 Å². The molecule has 1 aromatic heterocycles. The van der Waals surface area contributed by atoms with Crippen LogP contribution in [0.4, 0.5) is 25.2 Å². The molecule has 0 fully saturated rings. The molecule has 10 heteroatoms. The Labute approximate surface area is 211 Å². The van der Waals surface area contributed by atoms with Crippen molar-refractivity contribution in [2.24, 2.45) is 0 Å². The third-order valence-electron chi connectivity index (χ3n) is 5.30. The molecule has 0 aliphatic heterocycles. The van der Waals surface area contributed by atoms with Crippen LogP contribution < -0.4 is 5.43 Å². The second-order valence-electron chi connectivity index (χ2n) is 8.48. The Morgan fingerprint density at radius 3 is 1.54 bits per heavy atom. The maximum absolute atomic E-state index is 13.2. The summed E-state index contributed by atoms with van der Waals surface area (Å²) in [4.78, 5) is 16.7. The number of benzene rings is 4. The van der Waals surface area contributed by atoms with Crippen LogP contribution in [-0.2, 0) is 10.9 Å². The van der Waals surface area contributed by atoms with E-state index >= 15 is 0 Å². The Balaban J connectivity index is 0.000000405. The third kappa shape index (κ3) is 7.37. The Morgan fingerprint density at radius 1 is 0.595 bits per heavy atom. The van der Waals surface area contributed by atoms with Crippen LogP contribution in [0.5, 0.6) is 0 Å². The van der Waals surface area contributed by atoms with Gasteiger partial charge in [0.15, 0.2) is 14.7 Å². The molecular weight excluding hydrogens is 533 g/mol. The molecule has 0 N–H and O–H groups in total. The summed E-state index contributed by atoms with van der Waals surface area (Å²) in [5.74, 6) is 0. The van der Waals surface area contributed by atoms with E-state index in [4.69, 9.17) is 4.42 Å². The van der Waals surface area contributed by atoms with Crippen molar-refractivity contribution in [1.29, 1.82) is 0 Å². The van der Waals surface area contributed by atoms with Crippen molar-refractivity contribution in [2.75, 3.05) is 0 Å². The molecule has 194 valence electrons. The van der Waals surface area contributed by atoms with Gasteiger partial charge in [0.05, 0.1) is 21.7 Å². The Bertz CT molecular complexity index is 1590. The van der Waals surface area contributed by atoms with E-state index in [0.717, 1.165) is 4.90 Å². The monoisotopic (exact) mass is 554 g/mol. The van der Waals surface area contributed by atoms with Crippen molar-refractivity contribution in [3.63, 3.8) is 0 Å². The first-order valence-corrected chi connectivity index (χ1v) is 14.2. The molecule has 0 bridgehead atoms. The van der Waals surface area contributed by atoms with Crippen molar-refractivity contribution >= 4 is 40.6 Å². The van der Waals surface area contributed by atoms with Crippen LogP contribution in [0.3, 0.4) is 0 Å². The molecule has 37 heavy (non-hydrogen) atoms. The van der Waals surface area contributed by atoms with Crippen LogP contribution in [0, 0.1) is 13.8 Å². The predicted molar refractivity (Wildman–Crippen MR) is 138 cm³/mol. The average molecular weight is 554 g/mol. The number of rotatable bonds is 3. The van der Waals surface area contributed by atoms with Crippen molar-refractivity contribution in [3.8, 4) is 0 Å². The van der Waals surface area contributed by atoms with E-state index in [1.165, 1.54) is 20.9 Å². The number of halogens is 6. The molecule has 0 aliphatic carbocycles. The number of hydrogen-bond donors (Lipinski definition) is 0. The van der Waals surface area contributed by atoms with Gasteiger partial charge in [0.2, 0.25) is 5.43 Å². The number of fused-ring (bicyclic) bond motifs is 2. The van der Waals surface area contributed by atoms with E-state index in [1.54, 1.807) is 0 Å². The summed E-state index contributed by atoms with van der Waals surface area (Å²) in [5, 5.41) is 1.25. The van der Waals surface area contributed by atoms with Gasteiger partial charge in [-0.15, -0.1) is 0 Å². The molecule has 0 amide bonds. The van der Waals surface area contributed by atoms with E-state index < -0.39 is 7.81 Å². The fourth-order valence-electron chi connectivity index (χ4n) is 3.67. The summed E-state index contributed by atoms with van der Waals surface area (Å²) < 4.78 is 65.2. The van der Waals surface area contributed by atoms with Gasteiger partial charge >= 0.3 is 33.0 Å². The Hall–Kier alpha value is -3.29. The second kappa shape index (κ2) is 8.92. The SMILES string of the molecule is Cc1ccc([S+](c2ccc(C)cc2)c2ccc3oc4ccccc4c(=O)c3c2)cc1.F[P-](F)(F)(F)(F)F. The molecule has 0 unspecified atom stereocenters. The standard InChI is InChI=1S/C27H21O2S.F6P/c1-18-7-11-20(12-8-18)30(21-13-9-19(2)10-14-21)22-15-16-26-24(17-22)27(28)23-5-3-4-6-25(23)29-26;1-7(2,3,4,5)6/h3-17H,1-2H3;/q+1;-1. The molecule has 0 atom stereocenters. The van der Waals surface area contributed by atoms with Crippen molar-refractivity contribution in [3.05, 3.63) is 112 Å². The van der Waals surface area contributed by atoms with Gasteiger partial charge in [0.1, 0.15) is 11.2 Å². The Kier molecular flexibility index (Phi) is 6.46. The summed E-state index contributed by atoms with van der Waals surface area (Å²) >= 11 is 0. The molecule has 0 saturated heterocycles. The number of hydrogen-bond acceptors (Lipinski definition) is 2. The zero-order valence-corrected chi connectivity index (χ0v) is 21.3. The van der Waals surface area contributed by atoms with E-state index in [2.05, 4.69) is 68.4 Å². The van der Waals surface area contributed by atoms with E-state index in [1.807, 2.05) is 36.4 Å². The van der Waals surface area contributed by atoms with Gasteiger partial charge < -0.3 is 4.42 Å². The van der Waals surface area contributed by atoms with Crippen LogP contribution in [0.15, 0.2) is 115 Å². The van der Waals surface area contributed by atoms with E-state index in [0.29, 0.717) is 21.9 Å². The fraction of sp³-hybridized carbons (Fsp3) is 0.0741. The summed E-state index contributed by atoms with van der Waals surface area (Å²) in [6, 6.07) is 30.8. The normalized spacial score (nSPS) is 13.6. The first-order valence-electron chi connectivity index (χ1n) is 10.9. The van der Waals surface area contributed by atoms with Gasteiger partial charge in [-0.05, 0) is 62.4 Å². The molecular formula is C27H21F6O2PS. The second-order valence-corrected chi connectivity index (χ2v) is 12.4. The fourth-order valence-corrected chi connectivity index (χ4v) is 5.74. The molecule has 0 radical (unpaired) electrons. The first-order chi connectivity index (χ1) is 17.0. The van der Waals surface area contributed by atoms with Crippen molar-refractivity contribution in [1.82, 2.24) is 0 Å². The first kappa shape index (κ1) is 26.8. The molecule has 1 heterocycles. The van der Waals surface area contributed by atoms with Gasteiger partial charge in [-0.2, -0.15) is 0 Å². The van der Waals surface area contributed by atoms with Gasteiger partial charge in [-0.3, -0.25) is 4.79 Å². The van der Waals surface area contributed by atoms with Crippen molar-refractivity contribution in [2.45, 2.75) is 28.5 Å². The quantitative estimate of drug-likeness (QED) is 0.0962. The van der Waals surface area contributed by atoms with Gasteiger partial charge in [0, 0.05) is 6.07 Å². The molecule has 0 spiro atoms. The molecule has 0 aliphatic rings.